The van der Waals surface area contributed by atoms with Crippen LogP contribution >= 0.6 is 11.8 Å². The number of carbonyl (C=O) groups excluding carboxylic acids is 4. The van der Waals surface area contributed by atoms with E-state index in [0.29, 0.717) is 37.6 Å². The Morgan fingerprint density at radius 3 is 2.42 bits per heavy atom. The first-order chi connectivity index (χ1) is 20.7. The fourth-order valence-electron chi connectivity index (χ4n) is 5.64. The summed E-state index contributed by atoms with van der Waals surface area (Å²) in [7, 11) is 1.33. The SMILES string of the molecule is COC(=O)CSC[C@@H](O)[C@H](CC1CCCCC1)NC(=O)CCNC(=O)[C@H](Cc1ccccc1)NC(=O)N1CCC(N)CC1. The Hall–Kier alpha value is -2.83. The standard InChI is InChI=1S/C31H49N5O6S/c1-42-29(39)21-43-20-27(37)25(18-22-8-4-2-5-9-22)34-28(38)12-15-33-30(40)26(19-23-10-6-3-7-11-23)35-31(41)36-16-13-24(32)14-17-36/h3,6-7,10-11,22,24-27,37H,2,4-5,8-9,12-21,32H2,1H3,(H,33,40)(H,34,38)(H,35,41)/t25-,26-,27+/m0/s1. The Labute approximate surface area is 259 Å². The first-order valence-electron chi connectivity index (χ1n) is 15.5. The molecule has 1 aliphatic heterocycles. The highest BCUT2D eigenvalue weighted by molar-refractivity contribution is 7.99. The van der Waals surface area contributed by atoms with Crippen LogP contribution in [-0.2, 0) is 25.5 Å². The molecule has 1 aromatic carbocycles. The highest BCUT2D eigenvalue weighted by Gasteiger charge is 2.28. The van der Waals surface area contributed by atoms with E-state index in [1.807, 2.05) is 30.3 Å². The van der Waals surface area contributed by atoms with Gasteiger partial charge in [0, 0.05) is 44.3 Å². The van der Waals surface area contributed by atoms with Crippen LogP contribution in [0.15, 0.2) is 30.3 Å². The Morgan fingerprint density at radius 1 is 1.05 bits per heavy atom. The van der Waals surface area contributed by atoms with E-state index in [4.69, 9.17) is 5.73 Å². The molecule has 0 bridgehead atoms. The number of esters is 1. The van der Waals surface area contributed by atoms with Crippen molar-refractivity contribution in [1.82, 2.24) is 20.9 Å². The van der Waals surface area contributed by atoms with Crippen molar-refractivity contribution in [3.63, 3.8) is 0 Å². The van der Waals surface area contributed by atoms with Gasteiger partial charge in [-0.1, -0.05) is 62.4 Å². The summed E-state index contributed by atoms with van der Waals surface area (Å²) in [4.78, 5) is 52.3. The highest BCUT2D eigenvalue weighted by Crippen LogP contribution is 2.28. The van der Waals surface area contributed by atoms with E-state index >= 15 is 0 Å². The summed E-state index contributed by atoms with van der Waals surface area (Å²) in [5.74, 6) is -0.133. The Balaban J connectivity index is 1.53. The fraction of sp³-hybridized carbons (Fsp3) is 0.677. The van der Waals surface area contributed by atoms with E-state index < -0.39 is 18.2 Å². The number of hydrogen-bond acceptors (Lipinski definition) is 8. The highest BCUT2D eigenvalue weighted by atomic mass is 32.2. The lowest BCUT2D eigenvalue weighted by Crippen LogP contribution is -2.54. The van der Waals surface area contributed by atoms with Crippen molar-refractivity contribution in [3.8, 4) is 0 Å². The van der Waals surface area contributed by atoms with E-state index in [0.717, 1.165) is 44.1 Å². The molecule has 0 radical (unpaired) electrons. The zero-order chi connectivity index (χ0) is 31.0. The summed E-state index contributed by atoms with van der Waals surface area (Å²) in [5, 5.41) is 19.6. The van der Waals surface area contributed by atoms with Gasteiger partial charge in [0.2, 0.25) is 11.8 Å². The van der Waals surface area contributed by atoms with Gasteiger partial charge in [0.05, 0.1) is 25.0 Å². The molecule has 12 heteroatoms. The number of likely N-dealkylation sites (tertiary alicyclic amines) is 1. The molecule has 0 spiro atoms. The van der Waals surface area contributed by atoms with Crippen molar-refractivity contribution in [2.75, 3.05) is 38.2 Å². The minimum absolute atomic E-state index is 0.0327. The van der Waals surface area contributed by atoms with Crippen LogP contribution in [0.25, 0.3) is 0 Å². The second kappa shape index (κ2) is 18.7. The average Bonchev–Trinajstić information content (AvgIpc) is 3.01. The fourth-order valence-corrected chi connectivity index (χ4v) is 6.51. The van der Waals surface area contributed by atoms with Gasteiger partial charge in [0.25, 0.3) is 0 Å². The maximum atomic E-state index is 13.2. The Bertz CT molecular complexity index is 1020. The largest absolute Gasteiger partial charge is 0.468 e. The molecule has 1 aromatic rings. The third-order valence-electron chi connectivity index (χ3n) is 8.23. The quantitative estimate of drug-likeness (QED) is 0.186. The molecule has 43 heavy (non-hydrogen) atoms. The van der Waals surface area contributed by atoms with Crippen molar-refractivity contribution in [2.24, 2.45) is 11.7 Å². The minimum Gasteiger partial charge on any atom is -0.468 e. The van der Waals surface area contributed by atoms with Gasteiger partial charge in [0.15, 0.2) is 0 Å². The van der Waals surface area contributed by atoms with Crippen LogP contribution in [0.1, 0.15) is 63.4 Å². The number of methoxy groups -OCH3 is 1. The maximum Gasteiger partial charge on any atom is 0.318 e. The number of carbonyl (C=O) groups is 4. The van der Waals surface area contributed by atoms with E-state index in [2.05, 4.69) is 20.7 Å². The van der Waals surface area contributed by atoms with Crippen LogP contribution in [0.3, 0.4) is 0 Å². The predicted molar refractivity (Wildman–Crippen MR) is 167 cm³/mol. The molecule has 1 aliphatic carbocycles. The van der Waals surface area contributed by atoms with Crippen molar-refractivity contribution in [3.05, 3.63) is 35.9 Å². The molecule has 2 aliphatic rings. The van der Waals surface area contributed by atoms with Gasteiger partial charge in [-0.05, 0) is 30.7 Å². The molecule has 1 saturated heterocycles. The van der Waals surface area contributed by atoms with Crippen LogP contribution in [0.2, 0.25) is 0 Å². The molecule has 11 nitrogen and oxygen atoms in total. The molecule has 2 fully saturated rings. The Morgan fingerprint density at radius 2 is 1.74 bits per heavy atom. The molecule has 3 atom stereocenters. The zero-order valence-corrected chi connectivity index (χ0v) is 26.1. The van der Waals surface area contributed by atoms with E-state index in [1.165, 1.54) is 25.3 Å². The average molecular weight is 620 g/mol. The van der Waals surface area contributed by atoms with Crippen molar-refractivity contribution in [1.29, 1.82) is 0 Å². The Kier molecular flexibility index (Phi) is 15.1. The molecule has 0 unspecified atom stereocenters. The van der Waals surface area contributed by atoms with E-state index in [9.17, 15) is 24.3 Å². The van der Waals surface area contributed by atoms with E-state index in [1.54, 1.807) is 4.90 Å². The number of nitrogens with one attached hydrogen (secondary N) is 3. The van der Waals surface area contributed by atoms with Crippen molar-refractivity contribution in [2.45, 2.75) is 88.4 Å². The monoisotopic (exact) mass is 619 g/mol. The molecular weight excluding hydrogens is 570 g/mol. The summed E-state index contributed by atoms with van der Waals surface area (Å²) >= 11 is 1.28. The normalized spacial score (nSPS) is 18.3. The van der Waals surface area contributed by atoms with Crippen molar-refractivity contribution >= 4 is 35.6 Å². The topological polar surface area (TPSA) is 163 Å². The second-order valence-corrected chi connectivity index (χ2v) is 12.7. The van der Waals surface area contributed by atoms with Crippen LogP contribution in [-0.4, -0.2) is 96.3 Å². The second-order valence-electron chi connectivity index (χ2n) is 11.6. The van der Waals surface area contributed by atoms with Gasteiger partial charge in [-0.25, -0.2) is 4.79 Å². The van der Waals surface area contributed by atoms with Gasteiger partial charge >= 0.3 is 12.0 Å². The summed E-state index contributed by atoms with van der Waals surface area (Å²) in [6.45, 7) is 1.18. The molecule has 6 N–H and O–H groups in total. The number of ether oxygens (including phenoxy) is 1. The molecule has 3 rings (SSSR count). The lowest BCUT2D eigenvalue weighted by Gasteiger charge is -2.31. The number of aliphatic hydroxyl groups is 1. The zero-order valence-electron chi connectivity index (χ0n) is 25.3. The predicted octanol–water partition coefficient (Wildman–Crippen LogP) is 1.96. The number of nitrogens with two attached hydrogens (primary N) is 1. The first-order valence-corrected chi connectivity index (χ1v) is 16.6. The van der Waals surface area contributed by atoms with Gasteiger partial charge in [-0.15, -0.1) is 11.8 Å². The molecular formula is C31H49N5O6S. The first kappa shape index (κ1) is 34.7. The number of piperidine rings is 1. The third-order valence-corrected chi connectivity index (χ3v) is 9.25. The molecule has 1 heterocycles. The lowest BCUT2D eigenvalue weighted by molar-refractivity contribution is -0.137. The number of urea groups is 1. The third kappa shape index (κ3) is 12.7. The van der Waals surface area contributed by atoms with Crippen LogP contribution in [0, 0.1) is 5.92 Å². The number of amides is 4. The molecule has 0 aromatic heterocycles. The minimum atomic E-state index is -0.815. The van der Waals surface area contributed by atoms with Crippen molar-refractivity contribution < 1.29 is 29.0 Å². The van der Waals surface area contributed by atoms with Crippen LogP contribution in [0.5, 0.6) is 0 Å². The van der Waals surface area contributed by atoms with Gasteiger partial charge in [-0.2, -0.15) is 0 Å². The summed E-state index contributed by atoms with van der Waals surface area (Å²) in [6, 6.07) is 8.00. The van der Waals surface area contributed by atoms with Crippen LogP contribution in [0.4, 0.5) is 4.79 Å². The van der Waals surface area contributed by atoms with E-state index in [-0.39, 0.29) is 48.6 Å². The number of thioether (sulfide) groups is 1. The number of hydrogen-bond donors (Lipinski definition) is 5. The number of benzene rings is 1. The van der Waals surface area contributed by atoms with Gasteiger partial charge in [-0.3, -0.25) is 14.4 Å². The molecule has 240 valence electrons. The van der Waals surface area contributed by atoms with Gasteiger partial charge in [0.1, 0.15) is 6.04 Å². The number of rotatable bonds is 15. The molecule has 1 saturated carbocycles. The molecule has 4 amide bonds. The van der Waals surface area contributed by atoms with Gasteiger partial charge < -0.3 is 36.4 Å². The smallest absolute Gasteiger partial charge is 0.318 e. The lowest BCUT2D eigenvalue weighted by atomic mass is 9.84. The summed E-state index contributed by atoms with van der Waals surface area (Å²) in [5.41, 5.74) is 6.88. The van der Waals surface area contributed by atoms with Crippen LogP contribution < -0.4 is 21.7 Å². The maximum absolute atomic E-state index is 13.2. The summed E-state index contributed by atoms with van der Waals surface area (Å²) in [6.07, 6.45) is 7.30. The number of aliphatic hydroxyl groups excluding tert-OH is 1. The number of nitrogens with zero attached hydrogens (tertiary/aromatic N) is 1. The summed E-state index contributed by atoms with van der Waals surface area (Å²) < 4.78 is 4.67.